The van der Waals surface area contributed by atoms with E-state index < -0.39 is 18.0 Å². The van der Waals surface area contributed by atoms with Gasteiger partial charge in [-0.25, -0.2) is 13.9 Å². The number of aromatic nitrogens is 2. The molecule has 24 heavy (non-hydrogen) atoms. The summed E-state index contributed by atoms with van der Waals surface area (Å²) in [6.45, 7) is 3.09. The molecular weight excluding hydrogens is 337 g/mol. The first-order valence-electron chi connectivity index (χ1n) is 6.98. The van der Waals surface area contributed by atoms with Gasteiger partial charge < -0.3 is 10.5 Å². The van der Waals surface area contributed by atoms with Crippen LogP contribution in [0, 0.1) is 12.7 Å². The first-order valence-corrected chi connectivity index (χ1v) is 7.36. The Kier molecular flexibility index (Phi) is 5.35. The maximum Gasteiger partial charge on any atom is 0.331 e. The van der Waals surface area contributed by atoms with Crippen LogP contribution in [0.25, 0.3) is 11.8 Å². The highest BCUT2D eigenvalue weighted by molar-refractivity contribution is 6.31. The average Bonchev–Trinajstić information content (AvgIpc) is 2.80. The van der Waals surface area contributed by atoms with Crippen LogP contribution in [0.5, 0.6) is 0 Å². The van der Waals surface area contributed by atoms with E-state index in [1.165, 1.54) is 41.9 Å². The van der Waals surface area contributed by atoms with Gasteiger partial charge in [0.15, 0.2) is 6.10 Å². The lowest BCUT2D eigenvalue weighted by Crippen LogP contribution is -2.29. The van der Waals surface area contributed by atoms with Crippen LogP contribution in [-0.2, 0) is 14.3 Å². The highest BCUT2D eigenvalue weighted by Gasteiger charge is 2.15. The Morgan fingerprint density at radius 2 is 2.00 bits per heavy atom. The SMILES string of the molecule is Cc1nn(-c2ccc(F)cc2)c(Cl)c1/C=C/C(=O)O[C@H](C)C(N)=O. The van der Waals surface area contributed by atoms with Crippen molar-refractivity contribution in [1.29, 1.82) is 0 Å². The predicted molar refractivity (Wildman–Crippen MR) is 87.1 cm³/mol. The number of ether oxygens (including phenoxy) is 1. The molecule has 1 amide bonds. The van der Waals surface area contributed by atoms with Gasteiger partial charge in [-0.15, -0.1) is 0 Å². The normalized spacial score (nSPS) is 12.3. The molecule has 0 saturated carbocycles. The minimum absolute atomic E-state index is 0.256. The third kappa shape index (κ3) is 3.99. The summed E-state index contributed by atoms with van der Waals surface area (Å²) in [6.07, 6.45) is 1.53. The van der Waals surface area contributed by atoms with Gasteiger partial charge in [0.25, 0.3) is 5.91 Å². The number of nitrogens with two attached hydrogens (primary N) is 1. The van der Waals surface area contributed by atoms with Gasteiger partial charge in [0.05, 0.1) is 11.4 Å². The molecule has 0 aliphatic heterocycles. The molecule has 0 saturated heterocycles. The number of carbonyl (C=O) groups excluding carboxylic acids is 2. The second kappa shape index (κ2) is 7.27. The second-order valence-corrected chi connectivity index (χ2v) is 5.35. The van der Waals surface area contributed by atoms with E-state index in [2.05, 4.69) is 5.10 Å². The third-order valence-corrected chi connectivity index (χ3v) is 3.56. The smallest absolute Gasteiger partial charge is 0.331 e. The number of carbonyl (C=O) groups is 2. The summed E-state index contributed by atoms with van der Waals surface area (Å²) >= 11 is 6.27. The highest BCUT2D eigenvalue weighted by Crippen LogP contribution is 2.24. The van der Waals surface area contributed by atoms with Crippen LogP contribution < -0.4 is 5.73 Å². The third-order valence-electron chi connectivity index (χ3n) is 3.20. The molecule has 8 heteroatoms. The molecule has 0 fully saturated rings. The van der Waals surface area contributed by atoms with E-state index in [9.17, 15) is 14.0 Å². The van der Waals surface area contributed by atoms with Crippen molar-refractivity contribution in [2.45, 2.75) is 20.0 Å². The van der Waals surface area contributed by atoms with Crippen LogP contribution in [0.15, 0.2) is 30.3 Å². The average molecular weight is 352 g/mol. The molecule has 2 N–H and O–H groups in total. The Labute approximate surface area is 142 Å². The zero-order chi connectivity index (χ0) is 17.9. The van der Waals surface area contributed by atoms with E-state index in [0.29, 0.717) is 16.9 Å². The van der Waals surface area contributed by atoms with Crippen molar-refractivity contribution in [2.24, 2.45) is 5.73 Å². The van der Waals surface area contributed by atoms with E-state index in [4.69, 9.17) is 22.1 Å². The van der Waals surface area contributed by atoms with E-state index in [1.807, 2.05) is 0 Å². The number of benzene rings is 1. The second-order valence-electron chi connectivity index (χ2n) is 4.99. The summed E-state index contributed by atoms with van der Waals surface area (Å²) < 4.78 is 19.2. The van der Waals surface area contributed by atoms with Gasteiger partial charge in [0.2, 0.25) is 0 Å². The van der Waals surface area contributed by atoms with Crippen molar-refractivity contribution >= 4 is 29.6 Å². The van der Waals surface area contributed by atoms with Crippen molar-refractivity contribution in [3.8, 4) is 5.69 Å². The standard InChI is InChI=1S/C16H15ClFN3O3/c1-9-13(7-8-14(22)24-10(2)16(19)23)15(17)21(20-9)12-5-3-11(18)4-6-12/h3-8,10H,1-2H3,(H2,19,23)/b8-7+/t10-/m1/s1. The molecule has 0 spiro atoms. The number of hydrogen-bond acceptors (Lipinski definition) is 4. The Morgan fingerprint density at radius 3 is 2.58 bits per heavy atom. The van der Waals surface area contributed by atoms with Crippen molar-refractivity contribution in [2.75, 3.05) is 0 Å². The summed E-state index contributed by atoms with van der Waals surface area (Å²) in [4.78, 5) is 22.5. The molecule has 2 aromatic rings. The van der Waals surface area contributed by atoms with Crippen molar-refractivity contribution in [3.05, 3.63) is 52.6 Å². The lowest BCUT2D eigenvalue weighted by atomic mass is 10.2. The zero-order valence-corrected chi connectivity index (χ0v) is 13.7. The molecule has 1 atom stereocenters. The molecule has 0 unspecified atom stereocenters. The van der Waals surface area contributed by atoms with Crippen LogP contribution >= 0.6 is 11.6 Å². The molecule has 1 aromatic heterocycles. The van der Waals surface area contributed by atoms with E-state index >= 15 is 0 Å². The Balaban J connectivity index is 2.23. The molecule has 6 nitrogen and oxygen atoms in total. The van der Waals surface area contributed by atoms with Crippen LogP contribution in [0.2, 0.25) is 5.15 Å². The topological polar surface area (TPSA) is 87.2 Å². The molecular formula is C16H15ClFN3O3. The van der Waals surface area contributed by atoms with Crippen molar-refractivity contribution in [1.82, 2.24) is 9.78 Å². The fourth-order valence-electron chi connectivity index (χ4n) is 1.88. The first kappa shape index (κ1) is 17.7. The van der Waals surface area contributed by atoms with E-state index in [-0.39, 0.29) is 11.0 Å². The molecule has 0 radical (unpaired) electrons. The Bertz CT molecular complexity index is 800. The molecule has 0 bridgehead atoms. The van der Waals surface area contributed by atoms with Gasteiger partial charge in [-0.05, 0) is 44.2 Å². The van der Waals surface area contributed by atoms with Crippen LogP contribution in [0.3, 0.4) is 0 Å². The number of nitrogens with zero attached hydrogens (tertiary/aromatic N) is 2. The largest absolute Gasteiger partial charge is 0.449 e. The highest BCUT2D eigenvalue weighted by atomic mass is 35.5. The van der Waals surface area contributed by atoms with Crippen molar-refractivity contribution in [3.63, 3.8) is 0 Å². The summed E-state index contributed by atoms with van der Waals surface area (Å²) in [5, 5.41) is 4.52. The molecule has 126 valence electrons. The Morgan fingerprint density at radius 1 is 1.38 bits per heavy atom. The van der Waals surface area contributed by atoms with Crippen molar-refractivity contribution < 1.29 is 18.7 Å². The number of primary amides is 1. The fraction of sp³-hybridized carbons (Fsp3) is 0.188. The monoisotopic (exact) mass is 351 g/mol. The van der Waals surface area contributed by atoms with Gasteiger partial charge in [-0.1, -0.05) is 11.6 Å². The first-order chi connectivity index (χ1) is 11.3. The molecule has 1 heterocycles. The maximum absolute atomic E-state index is 13.0. The summed E-state index contributed by atoms with van der Waals surface area (Å²) in [5.41, 5.74) is 6.66. The maximum atomic E-state index is 13.0. The van der Waals surface area contributed by atoms with Crippen LogP contribution in [-0.4, -0.2) is 27.8 Å². The predicted octanol–water partition coefficient (Wildman–Crippen LogP) is 2.40. The number of halogens is 2. The van der Waals surface area contributed by atoms with Gasteiger partial charge in [-0.3, -0.25) is 4.79 Å². The number of esters is 1. The summed E-state index contributed by atoms with van der Waals surface area (Å²) in [5.74, 6) is -1.84. The van der Waals surface area contributed by atoms with E-state index in [1.54, 1.807) is 6.92 Å². The lowest BCUT2D eigenvalue weighted by Gasteiger charge is -2.06. The Hall–Kier alpha value is -2.67. The summed E-state index contributed by atoms with van der Waals surface area (Å²) in [6, 6.07) is 5.65. The number of hydrogen-bond donors (Lipinski definition) is 1. The number of aryl methyl sites for hydroxylation is 1. The van der Waals surface area contributed by atoms with E-state index in [0.717, 1.165) is 6.08 Å². The van der Waals surface area contributed by atoms with Gasteiger partial charge in [0.1, 0.15) is 11.0 Å². The molecule has 0 aliphatic carbocycles. The number of rotatable bonds is 5. The minimum atomic E-state index is -1.03. The zero-order valence-electron chi connectivity index (χ0n) is 13.0. The van der Waals surface area contributed by atoms with Crippen LogP contribution in [0.1, 0.15) is 18.2 Å². The molecule has 0 aliphatic rings. The quantitative estimate of drug-likeness (QED) is 0.662. The number of amides is 1. The summed E-state index contributed by atoms with van der Waals surface area (Å²) in [7, 11) is 0. The van der Waals surface area contributed by atoms with Crippen LogP contribution in [0.4, 0.5) is 4.39 Å². The van der Waals surface area contributed by atoms with Gasteiger partial charge in [0, 0.05) is 11.6 Å². The lowest BCUT2D eigenvalue weighted by molar-refractivity contribution is -0.148. The van der Waals surface area contributed by atoms with Gasteiger partial charge >= 0.3 is 5.97 Å². The minimum Gasteiger partial charge on any atom is -0.449 e. The fourth-order valence-corrected chi connectivity index (χ4v) is 2.21. The van der Waals surface area contributed by atoms with Gasteiger partial charge in [-0.2, -0.15) is 5.10 Å². The molecule has 1 aromatic carbocycles. The molecule has 2 rings (SSSR count).